The number of aryl methyl sites for hydroxylation is 1. The minimum atomic E-state index is -0.763. The van der Waals surface area contributed by atoms with Crippen molar-refractivity contribution < 1.29 is 24.2 Å². The number of carbonyl (C=O) groups is 2. The number of ether oxygens (including phenoxy) is 2. The van der Waals surface area contributed by atoms with Crippen molar-refractivity contribution in [3.63, 3.8) is 0 Å². The lowest BCUT2D eigenvalue weighted by Gasteiger charge is -2.27. The second-order valence-corrected chi connectivity index (χ2v) is 10.5. The van der Waals surface area contributed by atoms with Gasteiger partial charge in [0.2, 0.25) is 0 Å². The number of Topliss-reactive ketones (excluding diaryl/α,β-unsaturated/α-hetero) is 1. The van der Waals surface area contributed by atoms with Crippen molar-refractivity contribution in [1.82, 2.24) is 9.80 Å². The normalized spacial score (nSPS) is 16.8. The molecular formula is C32H36N2O5. The van der Waals surface area contributed by atoms with Gasteiger partial charge in [0.25, 0.3) is 11.7 Å². The highest BCUT2D eigenvalue weighted by molar-refractivity contribution is 6.46. The maximum atomic E-state index is 13.4. The number of para-hydroxylation sites is 1. The second kappa shape index (κ2) is 12.2. The molecule has 1 aliphatic heterocycles. The van der Waals surface area contributed by atoms with E-state index in [9.17, 15) is 14.7 Å². The van der Waals surface area contributed by atoms with Crippen LogP contribution in [0.25, 0.3) is 5.76 Å². The number of hydrogen-bond acceptors (Lipinski definition) is 6. The van der Waals surface area contributed by atoms with E-state index in [-0.39, 0.29) is 11.3 Å². The summed E-state index contributed by atoms with van der Waals surface area (Å²) in [4.78, 5) is 30.2. The highest BCUT2D eigenvalue weighted by Gasteiger charge is 2.46. The van der Waals surface area contributed by atoms with Crippen molar-refractivity contribution in [2.45, 2.75) is 26.8 Å². The number of carbonyl (C=O) groups excluding carboxylic acids is 2. The van der Waals surface area contributed by atoms with Crippen molar-refractivity contribution in [2.24, 2.45) is 5.92 Å². The van der Waals surface area contributed by atoms with Gasteiger partial charge < -0.3 is 24.4 Å². The molecule has 4 rings (SSSR count). The van der Waals surface area contributed by atoms with Gasteiger partial charge in [-0.15, -0.1) is 0 Å². The monoisotopic (exact) mass is 528 g/mol. The zero-order chi connectivity index (χ0) is 28.1. The van der Waals surface area contributed by atoms with Crippen LogP contribution in [0.3, 0.4) is 0 Å². The van der Waals surface area contributed by atoms with Gasteiger partial charge in [-0.3, -0.25) is 9.59 Å². The van der Waals surface area contributed by atoms with E-state index >= 15 is 0 Å². The molecule has 1 amide bonds. The third-order valence-electron chi connectivity index (χ3n) is 6.52. The first-order valence-electron chi connectivity index (χ1n) is 13.2. The zero-order valence-electron chi connectivity index (χ0n) is 23.2. The van der Waals surface area contributed by atoms with E-state index in [0.717, 1.165) is 5.56 Å². The Morgan fingerprint density at radius 3 is 2.33 bits per heavy atom. The minimum Gasteiger partial charge on any atom is -0.507 e. The number of aliphatic hydroxyl groups is 1. The van der Waals surface area contributed by atoms with Crippen molar-refractivity contribution in [3.05, 3.63) is 95.1 Å². The Hall–Kier alpha value is -4.10. The van der Waals surface area contributed by atoms with E-state index in [1.54, 1.807) is 12.1 Å². The Labute approximate surface area is 230 Å². The molecule has 204 valence electrons. The van der Waals surface area contributed by atoms with Crippen LogP contribution in [0.1, 0.15) is 36.6 Å². The van der Waals surface area contributed by atoms with Crippen molar-refractivity contribution in [1.29, 1.82) is 0 Å². The van der Waals surface area contributed by atoms with Gasteiger partial charge in [-0.2, -0.15) is 0 Å². The van der Waals surface area contributed by atoms with Crippen LogP contribution >= 0.6 is 0 Å². The number of hydrogen-bond donors (Lipinski definition) is 1. The minimum absolute atomic E-state index is 0.0644. The molecule has 1 aliphatic rings. The van der Waals surface area contributed by atoms with Crippen LogP contribution in [-0.2, 0) is 9.59 Å². The molecule has 1 N–H and O–H groups in total. The summed E-state index contributed by atoms with van der Waals surface area (Å²) in [6.07, 6.45) is 0. The average Bonchev–Trinajstić information content (AvgIpc) is 3.16. The summed E-state index contributed by atoms with van der Waals surface area (Å²) >= 11 is 0. The summed E-state index contributed by atoms with van der Waals surface area (Å²) in [5, 5.41) is 11.5. The molecule has 1 heterocycles. The topological polar surface area (TPSA) is 79.3 Å². The Kier molecular flexibility index (Phi) is 8.72. The van der Waals surface area contributed by atoms with E-state index < -0.39 is 17.7 Å². The van der Waals surface area contributed by atoms with E-state index in [0.29, 0.717) is 54.0 Å². The standard InChI is InChI=1S/C32H36N2O5/c1-21(2)20-38-25-14-15-27(22(3)18-25)30(35)28-29(34(17-16-33(4)5)32(37)31(28)36)23-10-9-13-26(19-23)39-24-11-7-6-8-12-24/h6-15,18-19,21,29,35H,16-17,20H2,1-5H3. The third-order valence-corrected chi connectivity index (χ3v) is 6.52. The molecular weight excluding hydrogens is 492 g/mol. The van der Waals surface area contributed by atoms with Gasteiger partial charge in [0, 0.05) is 18.7 Å². The molecule has 1 saturated heterocycles. The van der Waals surface area contributed by atoms with Crippen LogP contribution in [0.15, 0.2) is 78.4 Å². The highest BCUT2D eigenvalue weighted by Crippen LogP contribution is 2.41. The van der Waals surface area contributed by atoms with Crippen LogP contribution in [0, 0.1) is 12.8 Å². The maximum absolute atomic E-state index is 13.4. The average molecular weight is 529 g/mol. The first-order valence-corrected chi connectivity index (χ1v) is 13.2. The van der Waals surface area contributed by atoms with Crippen LogP contribution in [0.5, 0.6) is 17.2 Å². The highest BCUT2D eigenvalue weighted by atomic mass is 16.5. The summed E-state index contributed by atoms with van der Waals surface area (Å²) in [6, 6.07) is 21.3. The van der Waals surface area contributed by atoms with Gasteiger partial charge in [-0.1, -0.05) is 44.2 Å². The third kappa shape index (κ3) is 6.49. The van der Waals surface area contributed by atoms with Crippen LogP contribution in [0.4, 0.5) is 0 Å². The summed E-state index contributed by atoms with van der Waals surface area (Å²) in [7, 11) is 3.82. The number of amides is 1. The number of likely N-dealkylation sites (N-methyl/N-ethyl adjacent to an activating group) is 1. The number of nitrogens with zero attached hydrogens (tertiary/aromatic N) is 2. The molecule has 0 aliphatic carbocycles. The van der Waals surface area contributed by atoms with Gasteiger partial charge in [0.1, 0.15) is 23.0 Å². The number of rotatable bonds is 10. The Bertz CT molecular complexity index is 1360. The van der Waals surface area contributed by atoms with E-state index in [2.05, 4.69) is 13.8 Å². The summed E-state index contributed by atoms with van der Waals surface area (Å²) < 4.78 is 11.9. The lowest BCUT2D eigenvalue weighted by molar-refractivity contribution is -0.140. The lowest BCUT2D eigenvalue weighted by atomic mass is 9.93. The quantitative estimate of drug-likeness (QED) is 0.203. The largest absolute Gasteiger partial charge is 0.507 e. The van der Waals surface area contributed by atoms with Crippen molar-refractivity contribution >= 4 is 17.4 Å². The molecule has 3 aromatic carbocycles. The van der Waals surface area contributed by atoms with Crippen molar-refractivity contribution in [3.8, 4) is 17.2 Å². The predicted octanol–water partition coefficient (Wildman–Crippen LogP) is 5.81. The van der Waals surface area contributed by atoms with Gasteiger partial charge in [0.15, 0.2) is 0 Å². The molecule has 0 aromatic heterocycles. The summed E-state index contributed by atoms with van der Waals surface area (Å²) in [6.45, 7) is 7.45. The summed E-state index contributed by atoms with van der Waals surface area (Å²) in [5.41, 5.74) is 1.97. The molecule has 7 nitrogen and oxygen atoms in total. The lowest BCUT2D eigenvalue weighted by Crippen LogP contribution is -2.35. The molecule has 1 fully saturated rings. The van der Waals surface area contributed by atoms with Gasteiger partial charge in [0.05, 0.1) is 18.2 Å². The Morgan fingerprint density at radius 2 is 1.67 bits per heavy atom. The maximum Gasteiger partial charge on any atom is 0.295 e. The molecule has 7 heteroatoms. The fourth-order valence-electron chi connectivity index (χ4n) is 4.54. The Balaban J connectivity index is 1.77. The number of ketones is 1. The van der Waals surface area contributed by atoms with Crippen LogP contribution < -0.4 is 9.47 Å². The summed E-state index contributed by atoms with van der Waals surface area (Å²) in [5.74, 6) is 0.765. The molecule has 0 saturated carbocycles. The molecule has 39 heavy (non-hydrogen) atoms. The van der Waals surface area contributed by atoms with Gasteiger partial charge in [-0.05, 0) is 80.5 Å². The first-order chi connectivity index (χ1) is 18.7. The molecule has 3 aromatic rings. The first kappa shape index (κ1) is 27.9. The number of aliphatic hydroxyl groups excluding tert-OH is 1. The van der Waals surface area contributed by atoms with E-state index in [1.807, 2.05) is 86.6 Å². The second-order valence-electron chi connectivity index (χ2n) is 10.5. The van der Waals surface area contributed by atoms with E-state index in [1.165, 1.54) is 4.90 Å². The van der Waals surface area contributed by atoms with Crippen LogP contribution in [-0.4, -0.2) is 60.4 Å². The predicted molar refractivity (Wildman–Crippen MR) is 152 cm³/mol. The molecule has 1 unspecified atom stereocenters. The molecule has 0 spiro atoms. The molecule has 0 bridgehead atoms. The van der Waals surface area contributed by atoms with Gasteiger partial charge >= 0.3 is 0 Å². The fraction of sp³-hybridized carbons (Fsp3) is 0.312. The zero-order valence-corrected chi connectivity index (χ0v) is 23.2. The number of benzene rings is 3. The van der Waals surface area contributed by atoms with Gasteiger partial charge in [-0.25, -0.2) is 0 Å². The molecule has 0 radical (unpaired) electrons. The van der Waals surface area contributed by atoms with Crippen LogP contribution in [0.2, 0.25) is 0 Å². The smallest absolute Gasteiger partial charge is 0.295 e. The molecule has 1 atom stereocenters. The number of likely N-dealkylation sites (tertiary alicyclic amines) is 1. The van der Waals surface area contributed by atoms with E-state index in [4.69, 9.17) is 9.47 Å². The Morgan fingerprint density at radius 1 is 0.949 bits per heavy atom. The van der Waals surface area contributed by atoms with Crippen molar-refractivity contribution in [2.75, 3.05) is 33.8 Å². The fourth-order valence-corrected chi connectivity index (χ4v) is 4.54. The SMILES string of the molecule is Cc1cc(OCC(C)C)ccc1C(O)=C1C(=O)C(=O)N(CCN(C)C)C1c1cccc(Oc2ccccc2)c1.